The zero-order valence-electron chi connectivity index (χ0n) is 9.08. The van der Waals surface area contributed by atoms with E-state index in [-0.39, 0.29) is 5.91 Å². The Morgan fingerprint density at radius 2 is 2.50 bits per heavy atom. The minimum atomic E-state index is -0.289. The maximum Gasteiger partial charge on any atom is 0.278 e. The Labute approximate surface area is 93.7 Å². The molecule has 86 valence electrons. The van der Waals surface area contributed by atoms with E-state index in [1.54, 1.807) is 19.1 Å². The van der Waals surface area contributed by atoms with Crippen LogP contribution in [0.15, 0.2) is 18.2 Å². The zero-order chi connectivity index (χ0) is 11.4. The van der Waals surface area contributed by atoms with Crippen LogP contribution in [-0.4, -0.2) is 25.7 Å². The predicted octanol–water partition coefficient (Wildman–Crippen LogP) is 1.17. The Bertz CT molecular complexity index is 393. The van der Waals surface area contributed by atoms with E-state index in [1.165, 1.54) is 0 Å². The fraction of sp³-hybridized carbons (Fsp3) is 0.364. The molecule has 0 radical (unpaired) electrons. The number of fused-ring (bicyclic) bond motifs is 1. The molecule has 0 aliphatic carbocycles. The second-order valence-electron chi connectivity index (χ2n) is 3.32. The molecule has 0 spiro atoms. The molecule has 16 heavy (non-hydrogen) atoms. The van der Waals surface area contributed by atoms with E-state index in [1.807, 2.05) is 6.07 Å². The number of ether oxygens (including phenoxy) is 1. The van der Waals surface area contributed by atoms with Crippen LogP contribution in [0, 0.1) is 0 Å². The molecule has 0 saturated carbocycles. The number of para-hydroxylation sites is 1. The molecule has 2 rings (SSSR count). The van der Waals surface area contributed by atoms with Gasteiger partial charge in [-0.2, -0.15) is 0 Å². The number of anilines is 1. The first-order chi connectivity index (χ1) is 7.83. The number of hydrogen-bond donors (Lipinski definition) is 2. The Balaban J connectivity index is 2.23. The molecule has 1 heterocycles. The highest BCUT2D eigenvalue weighted by Crippen LogP contribution is 2.30. The third-order valence-electron chi connectivity index (χ3n) is 2.23. The van der Waals surface area contributed by atoms with Crippen molar-refractivity contribution in [3.8, 4) is 5.75 Å². The van der Waals surface area contributed by atoms with Gasteiger partial charge in [-0.05, 0) is 19.1 Å². The Hall–Kier alpha value is -1.75. The molecule has 1 aliphatic heterocycles. The van der Waals surface area contributed by atoms with Gasteiger partial charge in [0.1, 0.15) is 6.61 Å². The summed E-state index contributed by atoms with van der Waals surface area (Å²) in [6.45, 7) is 3.55. The third-order valence-corrected chi connectivity index (χ3v) is 2.23. The summed E-state index contributed by atoms with van der Waals surface area (Å²) >= 11 is 0. The summed E-state index contributed by atoms with van der Waals surface area (Å²) < 4.78 is 5.48. The number of nitrogens with one attached hydrogen (secondary N) is 2. The monoisotopic (exact) mass is 222 g/mol. The van der Waals surface area contributed by atoms with E-state index in [4.69, 9.17) is 9.57 Å². The summed E-state index contributed by atoms with van der Waals surface area (Å²) in [6.07, 6.45) is 0. The van der Waals surface area contributed by atoms with Gasteiger partial charge in [-0.1, -0.05) is 6.07 Å². The van der Waals surface area contributed by atoms with Crippen molar-refractivity contribution in [2.24, 2.45) is 0 Å². The van der Waals surface area contributed by atoms with Crippen molar-refractivity contribution in [3.05, 3.63) is 23.8 Å². The number of amides is 1. The standard InChI is InChI=1S/C11H14N2O3/c1-2-16-13-11(14)8-4-3-5-9-10(8)15-7-6-12-9/h3-5,12H,2,6-7H2,1H3,(H,13,14). The van der Waals surface area contributed by atoms with E-state index in [9.17, 15) is 4.79 Å². The van der Waals surface area contributed by atoms with Crippen LogP contribution in [0.25, 0.3) is 0 Å². The van der Waals surface area contributed by atoms with Crippen LogP contribution in [0.5, 0.6) is 5.75 Å². The van der Waals surface area contributed by atoms with Gasteiger partial charge in [-0.15, -0.1) is 0 Å². The van der Waals surface area contributed by atoms with Crippen molar-refractivity contribution in [3.63, 3.8) is 0 Å². The van der Waals surface area contributed by atoms with Crippen LogP contribution >= 0.6 is 0 Å². The van der Waals surface area contributed by atoms with Crippen LogP contribution in [0.4, 0.5) is 5.69 Å². The van der Waals surface area contributed by atoms with Gasteiger partial charge >= 0.3 is 0 Å². The van der Waals surface area contributed by atoms with E-state index < -0.39 is 0 Å². The lowest BCUT2D eigenvalue weighted by atomic mass is 10.1. The first kappa shape index (κ1) is 10.8. The largest absolute Gasteiger partial charge is 0.489 e. The predicted molar refractivity (Wildman–Crippen MR) is 59.5 cm³/mol. The van der Waals surface area contributed by atoms with Gasteiger partial charge in [-0.25, -0.2) is 5.48 Å². The summed E-state index contributed by atoms with van der Waals surface area (Å²) in [5, 5.41) is 3.17. The molecule has 0 aromatic heterocycles. The van der Waals surface area contributed by atoms with E-state index in [0.717, 1.165) is 12.2 Å². The molecular weight excluding hydrogens is 208 g/mol. The van der Waals surface area contributed by atoms with Crippen molar-refractivity contribution in [2.45, 2.75) is 6.92 Å². The lowest BCUT2D eigenvalue weighted by molar-refractivity contribution is 0.0361. The van der Waals surface area contributed by atoms with E-state index >= 15 is 0 Å². The molecule has 2 N–H and O–H groups in total. The number of rotatable bonds is 3. The first-order valence-electron chi connectivity index (χ1n) is 5.24. The topological polar surface area (TPSA) is 59.6 Å². The van der Waals surface area contributed by atoms with Gasteiger partial charge in [-0.3, -0.25) is 9.63 Å². The minimum Gasteiger partial charge on any atom is -0.489 e. The molecule has 0 unspecified atom stereocenters. The maximum absolute atomic E-state index is 11.7. The number of carbonyl (C=O) groups is 1. The van der Waals surface area contributed by atoms with Crippen LogP contribution < -0.4 is 15.5 Å². The highest BCUT2D eigenvalue weighted by atomic mass is 16.6. The fourth-order valence-corrected chi connectivity index (χ4v) is 1.54. The van der Waals surface area contributed by atoms with E-state index in [2.05, 4.69) is 10.8 Å². The first-order valence-corrected chi connectivity index (χ1v) is 5.24. The van der Waals surface area contributed by atoms with Crippen LogP contribution in [0.3, 0.4) is 0 Å². The Kier molecular flexibility index (Phi) is 3.26. The summed E-state index contributed by atoms with van der Waals surface area (Å²) in [7, 11) is 0. The maximum atomic E-state index is 11.7. The van der Waals surface area contributed by atoms with Crippen molar-refractivity contribution in [1.82, 2.24) is 5.48 Å². The third kappa shape index (κ3) is 2.09. The van der Waals surface area contributed by atoms with Gasteiger partial charge in [0.15, 0.2) is 5.75 Å². The summed E-state index contributed by atoms with van der Waals surface area (Å²) in [4.78, 5) is 16.6. The normalized spacial score (nSPS) is 13.3. The Morgan fingerprint density at radius 3 is 3.31 bits per heavy atom. The fourth-order valence-electron chi connectivity index (χ4n) is 1.54. The minimum absolute atomic E-state index is 0.289. The lowest BCUT2D eigenvalue weighted by Crippen LogP contribution is -2.26. The van der Waals surface area contributed by atoms with Crippen LogP contribution in [0.2, 0.25) is 0 Å². The van der Waals surface area contributed by atoms with Crippen molar-refractivity contribution in [1.29, 1.82) is 0 Å². The number of hydroxylamine groups is 1. The van der Waals surface area contributed by atoms with E-state index in [0.29, 0.717) is 24.5 Å². The summed E-state index contributed by atoms with van der Waals surface area (Å²) in [6, 6.07) is 5.40. The second-order valence-corrected chi connectivity index (χ2v) is 3.32. The number of benzene rings is 1. The number of carbonyl (C=O) groups excluding carboxylic acids is 1. The average Bonchev–Trinajstić information content (AvgIpc) is 2.35. The lowest BCUT2D eigenvalue weighted by Gasteiger charge is -2.21. The SMILES string of the molecule is CCONC(=O)c1cccc2c1OCCN2. The molecule has 1 aliphatic rings. The van der Waals surface area contributed by atoms with Gasteiger partial charge < -0.3 is 10.1 Å². The summed E-state index contributed by atoms with van der Waals surface area (Å²) in [5.74, 6) is 0.299. The molecule has 0 atom stereocenters. The number of hydrogen-bond acceptors (Lipinski definition) is 4. The van der Waals surface area contributed by atoms with Crippen molar-refractivity contribution in [2.75, 3.05) is 25.1 Å². The smallest absolute Gasteiger partial charge is 0.278 e. The highest BCUT2D eigenvalue weighted by Gasteiger charge is 2.18. The van der Waals surface area contributed by atoms with Gasteiger partial charge in [0.05, 0.1) is 17.9 Å². The molecule has 1 aromatic rings. The van der Waals surface area contributed by atoms with Gasteiger partial charge in [0.25, 0.3) is 5.91 Å². The molecule has 5 heteroatoms. The molecule has 0 fully saturated rings. The zero-order valence-corrected chi connectivity index (χ0v) is 9.08. The molecule has 1 amide bonds. The van der Waals surface area contributed by atoms with Crippen LogP contribution in [-0.2, 0) is 4.84 Å². The quantitative estimate of drug-likeness (QED) is 0.754. The van der Waals surface area contributed by atoms with Crippen molar-refractivity contribution >= 4 is 11.6 Å². The van der Waals surface area contributed by atoms with Crippen molar-refractivity contribution < 1.29 is 14.4 Å². The van der Waals surface area contributed by atoms with Gasteiger partial charge in [0.2, 0.25) is 0 Å². The van der Waals surface area contributed by atoms with Gasteiger partial charge in [0, 0.05) is 6.54 Å². The molecular formula is C11H14N2O3. The van der Waals surface area contributed by atoms with Crippen LogP contribution in [0.1, 0.15) is 17.3 Å². The average molecular weight is 222 g/mol. The molecule has 0 saturated heterocycles. The molecule has 1 aromatic carbocycles. The molecule has 5 nitrogen and oxygen atoms in total. The summed E-state index contributed by atoms with van der Waals surface area (Å²) in [5.41, 5.74) is 3.68. The highest BCUT2D eigenvalue weighted by molar-refractivity contribution is 5.98. The Morgan fingerprint density at radius 1 is 1.62 bits per heavy atom. The second kappa shape index (κ2) is 4.85. The molecule has 0 bridgehead atoms.